The first-order valence-electron chi connectivity index (χ1n) is 3.94. The molecule has 12 heavy (non-hydrogen) atoms. The first kappa shape index (κ1) is 9.41. The van der Waals surface area contributed by atoms with Crippen LogP contribution in [-0.4, -0.2) is 44.3 Å². The number of alkyl halides is 1. The van der Waals surface area contributed by atoms with Crippen molar-refractivity contribution in [1.29, 1.82) is 0 Å². The summed E-state index contributed by atoms with van der Waals surface area (Å²) >= 11 is 0. The van der Waals surface area contributed by atoms with Crippen molar-refractivity contribution < 1.29 is 9.18 Å². The van der Waals surface area contributed by atoms with Crippen molar-refractivity contribution in [2.24, 2.45) is 5.92 Å². The Morgan fingerprint density at radius 3 is 2.58 bits per heavy atom. The standard InChI is InChI=1S/C7H14FN3O/c1-11(2)10-7(12)6(8)5-3-9-4-5/h5-6,9H,3-4H2,1-2H3,(H,10,12). The topological polar surface area (TPSA) is 44.4 Å². The second-order valence-electron chi connectivity index (χ2n) is 3.19. The number of nitrogens with zero attached hydrogens (tertiary/aromatic N) is 1. The minimum atomic E-state index is -1.38. The van der Waals surface area contributed by atoms with Gasteiger partial charge in [0, 0.05) is 33.1 Å². The highest BCUT2D eigenvalue weighted by Crippen LogP contribution is 2.12. The molecule has 0 aromatic rings. The Hall–Kier alpha value is -0.680. The molecular formula is C7H14FN3O. The third-order valence-electron chi connectivity index (χ3n) is 1.81. The van der Waals surface area contributed by atoms with Crippen molar-refractivity contribution in [1.82, 2.24) is 15.8 Å². The molecule has 0 aromatic heterocycles. The average Bonchev–Trinajstić information content (AvgIpc) is 1.81. The van der Waals surface area contributed by atoms with Gasteiger partial charge < -0.3 is 5.32 Å². The van der Waals surface area contributed by atoms with Crippen LogP contribution in [0, 0.1) is 5.92 Å². The van der Waals surface area contributed by atoms with E-state index in [1.54, 1.807) is 14.1 Å². The van der Waals surface area contributed by atoms with Crippen LogP contribution >= 0.6 is 0 Å². The molecule has 1 saturated heterocycles. The lowest BCUT2D eigenvalue weighted by atomic mass is 9.97. The fraction of sp³-hybridized carbons (Fsp3) is 0.857. The summed E-state index contributed by atoms with van der Waals surface area (Å²) in [6.07, 6.45) is -1.38. The van der Waals surface area contributed by atoms with Gasteiger partial charge in [0.2, 0.25) is 0 Å². The predicted octanol–water partition coefficient (Wildman–Crippen LogP) is -0.863. The van der Waals surface area contributed by atoms with E-state index in [0.717, 1.165) is 0 Å². The molecule has 0 aromatic carbocycles. The number of carbonyl (C=O) groups is 1. The van der Waals surface area contributed by atoms with E-state index in [9.17, 15) is 9.18 Å². The number of hydrazine groups is 1. The second kappa shape index (κ2) is 3.82. The van der Waals surface area contributed by atoms with Gasteiger partial charge in [-0.15, -0.1) is 0 Å². The van der Waals surface area contributed by atoms with Crippen molar-refractivity contribution in [2.45, 2.75) is 6.17 Å². The third kappa shape index (κ3) is 2.15. The lowest BCUT2D eigenvalue weighted by Crippen LogP contribution is -2.53. The number of amides is 1. The Morgan fingerprint density at radius 2 is 2.25 bits per heavy atom. The van der Waals surface area contributed by atoms with E-state index in [2.05, 4.69) is 10.7 Å². The minimum Gasteiger partial charge on any atom is -0.316 e. The Kier molecular flexibility index (Phi) is 2.99. The van der Waals surface area contributed by atoms with Crippen molar-refractivity contribution in [3.8, 4) is 0 Å². The highest BCUT2D eigenvalue weighted by molar-refractivity contribution is 5.80. The Labute approximate surface area is 71.1 Å². The summed E-state index contributed by atoms with van der Waals surface area (Å²) in [5.74, 6) is -0.698. The molecule has 0 bridgehead atoms. The molecule has 1 aliphatic heterocycles. The van der Waals surface area contributed by atoms with E-state index in [0.29, 0.717) is 13.1 Å². The normalized spacial score (nSPS) is 20.3. The molecule has 0 radical (unpaired) electrons. The van der Waals surface area contributed by atoms with Gasteiger partial charge in [0.15, 0.2) is 6.17 Å². The van der Waals surface area contributed by atoms with Crippen molar-refractivity contribution in [3.63, 3.8) is 0 Å². The zero-order valence-electron chi connectivity index (χ0n) is 7.30. The average molecular weight is 175 g/mol. The predicted molar refractivity (Wildman–Crippen MR) is 43.1 cm³/mol. The first-order valence-corrected chi connectivity index (χ1v) is 3.94. The summed E-state index contributed by atoms with van der Waals surface area (Å²) in [7, 11) is 3.31. The van der Waals surface area contributed by atoms with E-state index < -0.39 is 12.1 Å². The van der Waals surface area contributed by atoms with E-state index in [4.69, 9.17) is 0 Å². The first-order chi connectivity index (χ1) is 5.61. The van der Waals surface area contributed by atoms with Crippen LogP contribution in [-0.2, 0) is 4.79 Å². The highest BCUT2D eigenvalue weighted by Gasteiger charge is 2.32. The monoisotopic (exact) mass is 175 g/mol. The largest absolute Gasteiger partial charge is 0.316 e. The molecular weight excluding hydrogens is 161 g/mol. The summed E-state index contributed by atoms with van der Waals surface area (Å²) in [5, 5.41) is 4.36. The lowest BCUT2D eigenvalue weighted by molar-refractivity contribution is -0.132. The third-order valence-corrected chi connectivity index (χ3v) is 1.81. The molecule has 0 aliphatic carbocycles. The molecule has 1 heterocycles. The second-order valence-corrected chi connectivity index (χ2v) is 3.19. The molecule has 1 fully saturated rings. The minimum absolute atomic E-state index is 0.148. The summed E-state index contributed by atoms with van der Waals surface area (Å²) in [4.78, 5) is 11.0. The van der Waals surface area contributed by atoms with Gasteiger partial charge in [0.05, 0.1) is 0 Å². The van der Waals surface area contributed by atoms with Crippen LogP contribution in [0.25, 0.3) is 0 Å². The zero-order valence-corrected chi connectivity index (χ0v) is 7.30. The molecule has 1 rings (SSSR count). The van der Waals surface area contributed by atoms with Crippen LogP contribution in [0.15, 0.2) is 0 Å². The van der Waals surface area contributed by atoms with Gasteiger partial charge in [-0.2, -0.15) is 0 Å². The fourth-order valence-corrected chi connectivity index (χ4v) is 1.01. The van der Waals surface area contributed by atoms with Gasteiger partial charge in [-0.1, -0.05) is 0 Å². The van der Waals surface area contributed by atoms with Gasteiger partial charge in [0.1, 0.15) is 0 Å². The Bertz CT molecular complexity index is 170. The number of halogens is 1. The van der Waals surface area contributed by atoms with Gasteiger partial charge >= 0.3 is 0 Å². The molecule has 1 unspecified atom stereocenters. The number of hydrogen-bond donors (Lipinski definition) is 2. The fourth-order valence-electron chi connectivity index (χ4n) is 1.01. The maximum atomic E-state index is 13.1. The van der Waals surface area contributed by atoms with Crippen LogP contribution in [0.4, 0.5) is 4.39 Å². The number of nitrogens with one attached hydrogen (secondary N) is 2. The van der Waals surface area contributed by atoms with Crippen LogP contribution in [0.5, 0.6) is 0 Å². The molecule has 1 atom stereocenters. The van der Waals surface area contributed by atoms with Crippen LogP contribution in [0.1, 0.15) is 0 Å². The van der Waals surface area contributed by atoms with Crippen LogP contribution in [0.3, 0.4) is 0 Å². The number of rotatable bonds is 3. The highest BCUT2D eigenvalue weighted by atomic mass is 19.1. The molecule has 70 valence electrons. The molecule has 2 N–H and O–H groups in total. The van der Waals surface area contributed by atoms with E-state index >= 15 is 0 Å². The summed E-state index contributed by atoms with van der Waals surface area (Å²) in [6, 6.07) is 0. The zero-order chi connectivity index (χ0) is 9.14. The molecule has 0 saturated carbocycles. The maximum Gasteiger partial charge on any atom is 0.269 e. The molecule has 1 amide bonds. The van der Waals surface area contributed by atoms with Gasteiger partial charge in [-0.25, -0.2) is 9.40 Å². The molecule has 1 aliphatic rings. The smallest absolute Gasteiger partial charge is 0.269 e. The quantitative estimate of drug-likeness (QED) is 0.548. The van der Waals surface area contributed by atoms with Crippen molar-refractivity contribution in [3.05, 3.63) is 0 Å². The Morgan fingerprint density at radius 1 is 1.67 bits per heavy atom. The summed E-state index contributed by atoms with van der Waals surface area (Å²) in [5.41, 5.74) is 2.38. The Balaban J connectivity index is 2.30. The maximum absolute atomic E-state index is 13.1. The van der Waals surface area contributed by atoms with Gasteiger partial charge in [-0.05, 0) is 0 Å². The van der Waals surface area contributed by atoms with E-state index in [1.807, 2.05) is 0 Å². The molecule has 5 heteroatoms. The summed E-state index contributed by atoms with van der Waals surface area (Å²) in [6.45, 7) is 1.20. The van der Waals surface area contributed by atoms with Crippen molar-refractivity contribution in [2.75, 3.05) is 27.2 Å². The van der Waals surface area contributed by atoms with E-state index in [-0.39, 0.29) is 5.92 Å². The van der Waals surface area contributed by atoms with Crippen LogP contribution < -0.4 is 10.7 Å². The van der Waals surface area contributed by atoms with Crippen molar-refractivity contribution >= 4 is 5.91 Å². The molecule has 4 nitrogen and oxygen atoms in total. The SMILES string of the molecule is CN(C)NC(=O)C(F)C1CNC1. The van der Waals surface area contributed by atoms with Crippen LogP contribution in [0.2, 0.25) is 0 Å². The molecule has 0 spiro atoms. The number of carbonyl (C=O) groups excluding carboxylic acids is 1. The van der Waals surface area contributed by atoms with Gasteiger partial charge in [-0.3, -0.25) is 10.2 Å². The van der Waals surface area contributed by atoms with Gasteiger partial charge in [0.25, 0.3) is 5.91 Å². The lowest BCUT2D eigenvalue weighted by Gasteiger charge is -2.29. The van der Waals surface area contributed by atoms with E-state index in [1.165, 1.54) is 5.01 Å². The number of hydrogen-bond acceptors (Lipinski definition) is 3. The summed E-state index contributed by atoms with van der Waals surface area (Å²) < 4.78 is 13.1.